The molecule has 0 aromatic heterocycles. The second-order valence-corrected chi connectivity index (χ2v) is 7.66. The second-order valence-electron chi connectivity index (χ2n) is 6.13. The van der Waals surface area contributed by atoms with E-state index in [2.05, 4.69) is 8.92 Å². The maximum Gasteiger partial charge on any atom is 0.534 e. The van der Waals surface area contributed by atoms with Crippen LogP contribution in [-0.2, 0) is 35.1 Å². The minimum absolute atomic E-state index is 0.131. The van der Waals surface area contributed by atoms with Crippen LogP contribution >= 0.6 is 0 Å². The molecular weight excluding hydrogens is 403 g/mol. The standard InChI is InChI=1S/C17H20F3NO6S/c1-25-11-13-9-21(8-12-6-4-3-5-7-12)10-14(16(22)26-2)15(13)27-28(23,24)17(18,19)20/h3-7,13H,8-11H2,1-2H3. The molecule has 1 unspecified atom stereocenters. The number of halogens is 3. The number of alkyl halides is 3. The molecule has 0 fully saturated rings. The highest BCUT2D eigenvalue weighted by atomic mass is 32.2. The zero-order valence-electron chi connectivity index (χ0n) is 15.2. The first-order valence-electron chi connectivity index (χ1n) is 8.16. The van der Waals surface area contributed by atoms with Crippen molar-refractivity contribution in [2.75, 3.05) is 33.9 Å². The minimum Gasteiger partial charge on any atom is -0.466 e. The zero-order valence-corrected chi connectivity index (χ0v) is 16.0. The van der Waals surface area contributed by atoms with Crippen molar-refractivity contribution in [1.82, 2.24) is 4.90 Å². The Labute approximate surface area is 160 Å². The van der Waals surface area contributed by atoms with E-state index in [0.29, 0.717) is 6.54 Å². The lowest BCUT2D eigenvalue weighted by Crippen LogP contribution is -2.42. The molecule has 11 heteroatoms. The smallest absolute Gasteiger partial charge is 0.466 e. The van der Waals surface area contributed by atoms with Gasteiger partial charge in [0, 0.05) is 26.7 Å². The Balaban J connectivity index is 2.41. The molecule has 1 aliphatic heterocycles. The van der Waals surface area contributed by atoms with Gasteiger partial charge in [0.15, 0.2) is 0 Å². The molecule has 2 rings (SSSR count). The van der Waals surface area contributed by atoms with Crippen molar-refractivity contribution in [2.45, 2.75) is 12.1 Å². The number of carbonyl (C=O) groups excluding carboxylic acids is 1. The fraction of sp³-hybridized carbons (Fsp3) is 0.471. The van der Waals surface area contributed by atoms with Gasteiger partial charge in [0.05, 0.1) is 25.2 Å². The van der Waals surface area contributed by atoms with Gasteiger partial charge in [-0.1, -0.05) is 30.3 Å². The van der Waals surface area contributed by atoms with Crippen LogP contribution < -0.4 is 0 Å². The van der Waals surface area contributed by atoms with E-state index in [1.54, 1.807) is 4.90 Å². The average molecular weight is 423 g/mol. The van der Waals surface area contributed by atoms with Gasteiger partial charge in [-0.3, -0.25) is 4.90 Å². The molecule has 1 aromatic rings. The molecular formula is C17H20F3NO6S. The number of hydrogen-bond acceptors (Lipinski definition) is 7. The summed E-state index contributed by atoms with van der Waals surface area (Å²) >= 11 is 0. The predicted molar refractivity (Wildman–Crippen MR) is 92.2 cm³/mol. The maximum atomic E-state index is 12.8. The fourth-order valence-corrected chi connectivity index (χ4v) is 3.44. The molecule has 0 radical (unpaired) electrons. The first-order valence-corrected chi connectivity index (χ1v) is 9.57. The molecule has 0 bridgehead atoms. The first kappa shape index (κ1) is 22.2. The van der Waals surface area contributed by atoms with Crippen LogP contribution in [-0.4, -0.2) is 58.7 Å². The molecule has 0 saturated heterocycles. The maximum absolute atomic E-state index is 12.8. The summed E-state index contributed by atoms with van der Waals surface area (Å²) in [7, 11) is -3.58. The van der Waals surface area contributed by atoms with E-state index in [1.165, 1.54) is 7.11 Å². The molecule has 0 N–H and O–H groups in total. The third kappa shape index (κ3) is 5.24. The molecule has 0 saturated carbocycles. The number of carbonyl (C=O) groups is 1. The van der Waals surface area contributed by atoms with Gasteiger partial charge in [-0.25, -0.2) is 4.79 Å². The van der Waals surface area contributed by atoms with E-state index in [0.717, 1.165) is 12.7 Å². The molecule has 0 amide bonds. The normalized spacial score (nSPS) is 18.8. The number of ether oxygens (including phenoxy) is 2. The van der Waals surface area contributed by atoms with Crippen molar-refractivity contribution in [1.29, 1.82) is 0 Å². The Bertz CT molecular complexity index is 823. The van der Waals surface area contributed by atoms with Crippen LogP contribution in [0.2, 0.25) is 0 Å². The highest BCUT2D eigenvalue weighted by Crippen LogP contribution is 2.33. The molecule has 1 heterocycles. The van der Waals surface area contributed by atoms with Gasteiger partial charge in [-0.05, 0) is 5.56 Å². The van der Waals surface area contributed by atoms with Gasteiger partial charge in [-0.15, -0.1) is 0 Å². The van der Waals surface area contributed by atoms with Crippen molar-refractivity contribution in [3.05, 3.63) is 47.2 Å². The monoisotopic (exact) mass is 423 g/mol. The molecule has 7 nitrogen and oxygen atoms in total. The summed E-state index contributed by atoms with van der Waals surface area (Å²) in [6.07, 6.45) is 0. The predicted octanol–water partition coefficient (Wildman–Crippen LogP) is 2.06. The topological polar surface area (TPSA) is 82.1 Å². The third-order valence-corrected chi connectivity index (χ3v) is 5.03. The lowest BCUT2D eigenvalue weighted by Gasteiger charge is -2.34. The first-order chi connectivity index (χ1) is 13.1. The van der Waals surface area contributed by atoms with Crippen LogP contribution in [0.4, 0.5) is 13.2 Å². The van der Waals surface area contributed by atoms with E-state index in [-0.39, 0.29) is 25.3 Å². The second kappa shape index (κ2) is 8.93. The molecule has 0 aliphatic carbocycles. The number of rotatable bonds is 7. The summed E-state index contributed by atoms with van der Waals surface area (Å²) in [5.74, 6) is -2.48. The van der Waals surface area contributed by atoms with E-state index in [1.807, 2.05) is 30.3 Å². The van der Waals surface area contributed by atoms with Gasteiger partial charge in [0.25, 0.3) is 0 Å². The van der Waals surface area contributed by atoms with E-state index in [4.69, 9.17) is 4.74 Å². The number of hydrogen-bond donors (Lipinski definition) is 0. The molecule has 1 atom stereocenters. The number of esters is 1. The van der Waals surface area contributed by atoms with Crippen LogP contribution in [0, 0.1) is 5.92 Å². The van der Waals surface area contributed by atoms with Gasteiger partial charge < -0.3 is 13.7 Å². The van der Waals surface area contributed by atoms with E-state index >= 15 is 0 Å². The van der Waals surface area contributed by atoms with Crippen molar-refractivity contribution in [2.24, 2.45) is 5.92 Å². The van der Waals surface area contributed by atoms with Crippen molar-refractivity contribution < 1.29 is 40.0 Å². The van der Waals surface area contributed by atoms with E-state index in [9.17, 15) is 26.4 Å². The van der Waals surface area contributed by atoms with Gasteiger partial charge in [-0.2, -0.15) is 21.6 Å². The summed E-state index contributed by atoms with van der Waals surface area (Å²) in [4.78, 5) is 13.9. The molecule has 0 spiro atoms. The average Bonchev–Trinajstić information content (AvgIpc) is 2.63. The quantitative estimate of drug-likeness (QED) is 0.377. The van der Waals surface area contributed by atoms with Gasteiger partial charge in [0.2, 0.25) is 0 Å². The largest absolute Gasteiger partial charge is 0.534 e. The van der Waals surface area contributed by atoms with Crippen LogP contribution in [0.15, 0.2) is 41.7 Å². The van der Waals surface area contributed by atoms with Crippen LogP contribution in [0.1, 0.15) is 5.56 Å². The van der Waals surface area contributed by atoms with Crippen molar-refractivity contribution in [3.8, 4) is 0 Å². The highest BCUT2D eigenvalue weighted by Gasteiger charge is 2.50. The summed E-state index contributed by atoms with van der Waals surface area (Å²) in [6, 6.07) is 9.20. The van der Waals surface area contributed by atoms with E-state index < -0.39 is 33.3 Å². The Morgan fingerprint density at radius 2 is 1.86 bits per heavy atom. The van der Waals surface area contributed by atoms with Crippen LogP contribution in [0.5, 0.6) is 0 Å². The Kier molecular flexibility index (Phi) is 7.07. The Hall–Kier alpha value is -2.11. The Morgan fingerprint density at radius 3 is 2.39 bits per heavy atom. The fourth-order valence-electron chi connectivity index (χ4n) is 2.87. The molecule has 1 aromatic carbocycles. The van der Waals surface area contributed by atoms with Crippen LogP contribution in [0.3, 0.4) is 0 Å². The summed E-state index contributed by atoms with van der Waals surface area (Å²) in [5.41, 5.74) is -5.00. The zero-order chi connectivity index (χ0) is 20.9. The highest BCUT2D eigenvalue weighted by molar-refractivity contribution is 7.87. The number of benzene rings is 1. The Morgan fingerprint density at radius 1 is 1.21 bits per heavy atom. The minimum atomic E-state index is -5.94. The lowest BCUT2D eigenvalue weighted by molar-refractivity contribution is -0.137. The van der Waals surface area contributed by atoms with Gasteiger partial charge in [0.1, 0.15) is 5.76 Å². The van der Waals surface area contributed by atoms with Crippen molar-refractivity contribution in [3.63, 3.8) is 0 Å². The number of methoxy groups -OCH3 is 2. The molecule has 1 aliphatic rings. The van der Waals surface area contributed by atoms with Gasteiger partial charge >= 0.3 is 21.6 Å². The molecule has 28 heavy (non-hydrogen) atoms. The summed E-state index contributed by atoms with van der Waals surface area (Å²) in [5, 5.41) is 0. The van der Waals surface area contributed by atoms with Crippen molar-refractivity contribution >= 4 is 16.1 Å². The van der Waals surface area contributed by atoms with Crippen LogP contribution in [0.25, 0.3) is 0 Å². The number of nitrogens with zero attached hydrogens (tertiary/aromatic N) is 1. The summed E-state index contributed by atoms with van der Waals surface area (Å²) in [6.45, 7) is 0.242. The lowest BCUT2D eigenvalue weighted by atomic mass is 9.97. The third-order valence-electron chi connectivity index (χ3n) is 4.06. The summed E-state index contributed by atoms with van der Waals surface area (Å²) < 4.78 is 75.4. The molecule has 156 valence electrons. The SMILES string of the molecule is COCC1CN(Cc2ccccc2)CC(C(=O)OC)=C1OS(=O)(=O)C(F)(F)F.